The average Bonchev–Trinajstić information content (AvgIpc) is 2.96. The molecule has 0 aliphatic rings. The number of esters is 1. The van der Waals surface area contributed by atoms with Crippen molar-refractivity contribution in [3.63, 3.8) is 0 Å². The van der Waals surface area contributed by atoms with E-state index < -0.39 is 0 Å². The number of imidazole rings is 1. The first-order valence-electron chi connectivity index (χ1n) is 10.5. The van der Waals surface area contributed by atoms with Crippen LogP contribution >= 0.6 is 0 Å². The molecule has 0 aliphatic carbocycles. The van der Waals surface area contributed by atoms with Crippen LogP contribution in [0.2, 0.25) is 0 Å². The van der Waals surface area contributed by atoms with Crippen LogP contribution in [-0.2, 0) is 4.79 Å². The van der Waals surface area contributed by atoms with E-state index in [0.29, 0.717) is 11.5 Å². The monoisotopic (exact) mass is 423 g/mol. The normalized spacial score (nSPS) is 12.1. The van der Waals surface area contributed by atoms with Crippen LogP contribution in [0.15, 0.2) is 36.5 Å². The zero-order valence-corrected chi connectivity index (χ0v) is 19.8. The molecule has 3 rings (SSSR count). The number of pyridine rings is 1. The second kappa shape index (κ2) is 8.25. The lowest BCUT2D eigenvalue weighted by molar-refractivity contribution is -0.132. The van der Waals surface area contributed by atoms with Gasteiger partial charge in [-0.25, -0.2) is 4.98 Å². The smallest absolute Gasteiger partial charge is 0.308 e. The number of fused-ring (bicyclic) bond motifs is 1. The molecule has 0 spiro atoms. The summed E-state index contributed by atoms with van der Waals surface area (Å²) < 4.78 is 12.8. The van der Waals surface area contributed by atoms with Gasteiger partial charge in [0.05, 0.1) is 7.11 Å². The minimum Gasteiger partial charge on any atom is -0.493 e. The number of nitrogens with zero attached hydrogens (tertiary/aromatic N) is 2. The largest absolute Gasteiger partial charge is 0.493 e. The standard InChI is InChI=1S/C25H33N3O3/c1-16-11-12-28-21(13-16)26-22(23(28)27-25(6,7)15-24(3,4)5)18-9-10-19(31-17(2)29)20(14-18)30-8/h9-14,27H,15H2,1-8H3. The Hall–Kier alpha value is -3.02. The Morgan fingerprint density at radius 1 is 1.10 bits per heavy atom. The number of aryl methyl sites for hydroxylation is 1. The van der Waals surface area contributed by atoms with Crippen molar-refractivity contribution in [3.8, 4) is 22.8 Å². The van der Waals surface area contributed by atoms with E-state index in [9.17, 15) is 4.79 Å². The van der Waals surface area contributed by atoms with E-state index in [1.54, 1.807) is 13.2 Å². The lowest BCUT2D eigenvalue weighted by Gasteiger charge is -2.34. The molecular weight excluding hydrogens is 390 g/mol. The quantitative estimate of drug-likeness (QED) is 0.397. The van der Waals surface area contributed by atoms with E-state index in [-0.39, 0.29) is 16.9 Å². The Kier molecular flexibility index (Phi) is 6.03. The van der Waals surface area contributed by atoms with Crippen molar-refractivity contribution in [1.29, 1.82) is 0 Å². The Bertz CT molecular complexity index is 1110. The van der Waals surface area contributed by atoms with Crippen molar-refractivity contribution < 1.29 is 14.3 Å². The van der Waals surface area contributed by atoms with Crippen LogP contribution in [0.3, 0.4) is 0 Å². The van der Waals surface area contributed by atoms with Crippen molar-refractivity contribution in [2.45, 2.75) is 60.4 Å². The first-order valence-corrected chi connectivity index (χ1v) is 10.5. The number of methoxy groups -OCH3 is 1. The molecule has 0 bridgehead atoms. The summed E-state index contributed by atoms with van der Waals surface area (Å²) in [5, 5.41) is 3.74. The van der Waals surface area contributed by atoms with Crippen LogP contribution < -0.4 is 14.8 Å². The van der Waals surface area contributed by atoms with Gasteiger partial charge in [0.15, 0.2) is 11.5 Å². The van der Waals surface area contributed by atoms with E-state index in [0.717, 1.165) is 34.7 Å². The molecule has 31 heavy (non-hydrogen) atoms. The first kappa shape index (κ1) is 22.7. The molecule has 2 heterocycles. The van der Waals surface area contributed by atoms with Gasteiger partial charge in [-0.05, 0) is 68.5 Å². The highest BCUT2D eigenvalue weighted by atomic mass is 16.6. The number of nitrogens with one attached hydrogen (secondary N) is 1. The lowest BCUT2D eigenvalue weighted by Crippen LogP contribution is -2.36. The van der Waals surface area contributed by atoms with Gasteiger partial charge in [0.2, 0.25) is 0 Å². The molecule has 1 aromatic carbocycles. The molecule has 0 amide bonds. The number of rotatable bonds is 6. The van der Waals surface area contributed by atoms with Crippen molar-refractivity contribution in [1.82, 2.24) is 9.38 Å². The number of carbonyl (C=O) groups is 1. The number of hydrogen-bond donors (Lipinski definition) is 1. The number of aromatic nitrogens is 2. The summed E-state index contributed by atoms with van der Waals surface area (Å²) in [7, 11) is 1.56. The van der Waals surface area contributed by atoms with Gasteiger partial charge < -0.3 is 14.8 Å². The van der Waals surface area contributed by atoms with E-state index >= 15 is 0 Å². The highest BCUT2D eigenvalue weighted by Crippen LogP contribution is 2.38. The zero-order valence-electron chi connectivity index (χ0n) is 19.8. The zero-order chi connectivity index (χ0) is 23.0. The third-order valence-corrected chi connectivity index (χ3v) is 4.90. The fraction of sp³-hybridized carbons (Fsp3) is 0.440. The molecule has 0 radical (unpaired) electrons. The maximum Gasteiger partial charge on any atom is 0.308 e. The first-order chi connectivity index (χ1) is 14.4. The Morgan fingerprint density at radius 2 is 1.81 bits per heavy atom. The van der Waals surface area contributed by atoms with Crippen molar-refractivity contribution in [2.24, 2.45) is 5.41 Å². The molecule has 6 heteroatoms. The molecule has 0 saturated heterocycles. The second-order valence-corrected chi connectivity index (χ2v) is 9.95. The number of anilines is 1. The fourth-order valence-electron chi connectivity index (χ4n) is 4.21. The molecular formula is C25H33N3O3. The predicted octanol–water partition coefficient (Wildman–Crippen LogP) is 5.87. The SMILES string of the molecule is COc1cc(-c2nc3cc(C)ccn3c2NC(C)(C)CC(C)(C)C)ccc1OC(C)=O. The van der Waals surface area contributed by atoms with Gasteiger partial charge in [-0.1, -0.05) is 20.8 Å². The molecule has 0 unspecified atom stereocenters. The molecule has 6 nitrogen and oxygen atoms in total. The molecule has 166 valence electrons. The molecule has 2 aromatic heterocycles. The highest BCUT2D eigenvalue weighted by Gasteiger charge is 2.28. The van der Waals surface area contributed by atoms with Gasteiger partial charge >= 0.3 is 5.97 Å². The van der Waals surface area contributed by atoms with Crippen molar-refractivity contribution >= 4 is 17.4 Å². The average molecular weight is 424 g/mol. The molecule has 0 saturated carbocycles. The molecule has 0 aliphatic heterocycles. The van der Waals surface area contributed by atoms with Crippen LogP contribution in [0.4, 0.5) is 5.82 Å². The highest BCUT2D eigenvalue weighted by molar-refractivity contribution is 5.79. The molecule has 0 fully saturated rings. The van der Waals surface area contributed by atoms with Gasteiger partial charge in [0.25, 0.3) is 0 Å². The summed E-state index contributed by atoms with van der Waals surface area (Å²) in [4.78, 5) is 16.3. The summed E-state index contributed by atoms with van der Waals surface area (Å²) >= 11 is 0. The summed E-state index contributed by atoms with van der Waals surface area (Å²) in [5.74, 6) is 1.41. The fourth-order valence-corrected chi connectivity index (χ4v) is 4.21. The number of ether oxygens (including phenoxy) is 2. The van der Waals surface area contributed by atoms with Crippen LogP contribution in [0.1, 0.15) is 53.5 Å². The van der Waals surface area contributed by atoms with E-state index in [2.05, 4.69) is 63.4 Å². The molecule has 0 atom stereocenters. The van der Waals surface area contributed by atoms with Gasteiger partial charge in [0.1, 0.15) is 17.2 Å². The number of carbonyl (C=O) groups excluding carboxylic acids is 1. The van der Waals surface area contributed by atoms with E-state index in [4.69, 9.17) is 14.5 Å². The predicted molar refractivity (Wildman–Crippen MR) is 125 cm³/mol. The summed E-state index contributed by atoms with van der Waals surface area (Å²) in [6, 6.07) is 9.64. The Morgan fingerprint density at radius 3 is 2.42 bits per heavy atom. The maximum absolute atomic E-state index is 11.4. The third-order valence-electron chi connectivity index (χ3n) is 4.90. The Labute approximate surface area is 184 Å². The van der Waals surface area contributed by atoms with E-state index in [1.165, 1.54) is 6.92 Å². The van der Waals surface area contributed by atoms with Gasteiger partial charge in [-0.3, -0.25) is 9.20 Å². The minimum atomic E-state index is -0.388. The minimum absolute atomic E-state index is 0.157. The van der Waals surface area contributed by atoms with Crippen LogP contribution in [0.25, 0.3) is 16.9 Å². The number of hydrogen-bond acceptors (Lipinski definition) is 5. The molecule has 1 N–H and O–H groups in total. The summed E-state index contributed by atoms with van der Waals surface area (Å²) in [6.45, 7) is 14.6. The van der Waals surface area contributed by atoms with Crippen LogP contribution in [-0.4, -0.2) is 28.0 Å². The summed E-state index contributed by atoms with van der Waals surface area (Å²) in [5.41, 5.74) is 3.72. The van der Waals surface area contributed by atoms with Crippen molar-refractivity contribution in [2.75, 3.05) is 12.4 Å². The van der Waals surface area contributed by atoms with Crippen molar-refractivity contribution in [3.05, 3.63) is 42.1 Å². The lowest BCUT2D eigenvalue weighted by atomic mass is 9.82. The van der Waals surface area contributed by atoms with Gasteiger partial charge in [-0.2, -0.15) is 0 Å². The van der Waals surface area contributed by atoms with Gasteiger partial charge in [0, 0.05) is 24.2 Å². The second-order valence-electron chi connectivity index (χ2n) is 9.95. The Balaban J connectivity index is 2.14. The number of benzene rings is 1. The molecule has 3 aromatic rings. The maximum atomic E-state index is 11.4. The van der Waals surface area contributed by atoms with Gasteiger partial charge in [-0.15, -0.1) is 0 Å². The summed E-state index contributed by atoms with van der Waals surface area (Å²) in [6.07, 6.45) is 3.02. The van der Waals surface area contributed by atoms with E-state index in [1.807, 2.05) is 18.3 Å². The third kappa shape index (κ3) is 5.37. The topological polar surface area (TPSA) is 64.9 Å². The van der Waals surface area contributed by atoms with Crippen LogP contribution in [0, 0.1) is 12.3 Å². The van der Waals surface area contributed by atoms with Crippen LogP contribution in [0.5, 0.6) is 11.5 Å².